The molecular formula is C19H25BrN6O5S. The molecule has 5 N–H and O–H groups in total. The first-order chi connectivity index (χ1) is 15.2. The number of anilines is 3. The molecule has 0 fully saturated rings. The number of nitrogens with two attached hydrogens (primary N) is 1. The number of rotatable bonds is 12. The fourth-order valence-electron chi connectivity index (χ4n) is 2.53. The second-order valence-corrected chi connectivity index (χ2v) is 9.09. The Labute approximate surface area is 194 Å². The molecule has 0 saturated carbocycles. The third kappa shape index (κ3) is 8.77. The van der Waals surface area contributed by atoms with Crippen molar-refractivity contribution in [3.8, 4) is 0 Å². The lowest BCUT2D eigenvalue weighted by molar-refractivity contribution is -0.141. The number of sulfonamides is 1. The van der Waals surface area contributed by atoms with Crippen LogP contribution in [0.1, 0.15) is 25.7 Å². The number of hydrogen-bond acceptors (Lipinski definition) is 9. The normalized spacial score (nSPS) is 11.0. The van der Waals surface area contributed by atoms with E-state index in [2.05, 4.69) is 46.6 Å². The molecule has 0 saturated heterocycles. The van der Waals surface area contributed by atoms with Crippen LogP contribution in [0.5, 0.6) is 0 Å². The van der Waals surface area contributed by atoms with Gasteiger partial charge in [0.2, 0.25) is 21.9 Å². The molecule has 2 rings (SSSR count). The summed E-state index contributed by atoms with van der Waals surface area (Å²) in [5.74, 6) is 0.267. The number of esters is 1. The van der Waals surface area contributed by atoms with Gasteiger partial charge in [-0.2, -0.15) is 4.98 Å². The zero-order valence-electron chi connectivity index (χ0n) is 17.4. The lowest BCUT2D eigenvalue weighted by atomic mass is 10.2. The quantitative estimate of drug-likeness (QED) is 0.237. The first-order valence-electron chi connectivity index (χ1n) is 9.69. The minimum Gasteiger partial charge on any atom is -0.468 e. The number of nitrogens with zero attached hydrogens (tertiary/aromatic N) is 2. The fraction of sp³-hybridized carbons (Fsp3) is 0.368. The molecule has 1 amide bonds. The molecule has 32 heavy (non-hydrogen) atoms. The van der Waals surface area contributed by atoms with Gasteiger partial charge in [-0.25, -0.2) is 18.5 Å². The average Bonchev–Trinajstić information content (AvgIpc) is 2.76. The summed E-state index contributed by atoms with van der Waals surface area (Å²) in [5, 5.41) is 13.8. The Kier molecular flexibility index (Phi) is 9.81. The van der Waals surface area contributed by atoms with Crippen LogP contribution in [0.15, 0.2) is 39.8 Å². The minimum absolute atomic E-state index is 0.0167. The van der Waals surface area contributed by atoms with Crippen LogP contribution in [0.4, 0.5) is 17.5 Å². The molecule has 174 valence electrons. The zero-order valence-corrected chi connectivity index (χ0v) is 19.8. The largest absolute Gasteiger partial charge is 0.468 e. The van der Waals surface area contributed by atoms with E-state index in [0.717, 1.165) is 12.8 Å². The van der Waals surface area contributed by atoms with Gasteiger partial charge in [-0.3, -0.25) is 9.59 Å². The van der Waals surface area contributed by atoms with Crippen LogP contribution in [-0.2, 0) is 24.3 Å². The number of unbranched alkanes of at least 4 members (excludes halogenated alkanes) is 2. The topological polar surface area (TPSA) is 165 Å². The highest BCUT2D eigenvalue weighted by Gasteiger charge is 2.09. The Balaban J connectivity index is 1.77. The van der Waals surface area contributed by atoms with Crippen molar-refractivity contribution >= 4 is 55.3 Å². The van der Waals surface area contributed by atoms with E-state index >= 15 is 0 Å². The van der Waals surface area contributed by atoms with Crippen LogP contribution in [-0.4, -0.2) is 50.5 Å². The molecule has 0 aliphatic carbocycles. The predicted octanol–water partition coefficient (Wildman–Crippen LogP) is 1.89. The molecule has 13 heteroatoms. The first-order valence-corrected chi connectivity index (χ1v) is 12.0. The number of ether oxygens (including phenoxy) is 1. The first kappa shape index (κ1) is 25.5. The molecule has 0 spiro atoms. The van der Waals surface area contributed by atoms with Crippen molar-refractivity contribution in [1.29, 1.82) is 0 Å². The summed E-state index contributed by atoms with van der Waals surface area (Å²) in [6.45, 7) is 0.521. The monoisotopic (exact) mass is 528 g/mol. The molecule has 11 nitrogen and oxygen atoms in total. The van der Waals surface area contributed by atoms with Gasteiger partial charge < -0.3 is 20.7 Å². The SMILES string of the molecule is COC(=O)CNC(=O)CCCCCNc1nc(Nc2ccc(S(N)(=O)=O)cc2)ncc1Br. The predicted molar refractivity (Wildman–Crippen MR) is 123 cm³/mol. The number of benzene rings is 1. The Hall–Kier alpha value is -2.77. The molecule has 1 aromatic carbocycles. The molecule has 1 aromatic heterocycles. The van der Waals surface area contributed by atoms with Crippen molar-refractivity contribution in [2.75, 3.05) is 30.8 Å². The highest BCUT2D eigenvalue weighted by Crippen LogP contribution is 2.22. The van der Waals surface area contributed by atoms with E-state index in [9.17, 15) is 18.0 Å². The van der Waals surface area contributed by atoms with E-state index in [4.69, 9.17) is 5.14 Å². The fourth-order valence-corrected chi connectivity index (χ4v) is 3.38. The van der Waals surface area contributed by atoms with E-state index in [1.54, 1.807) is 18.3 Å². The molecule has 0 unspecified atom stereocenters. The van der Waals surface area contributed by atoms with Crippen molar-refractivity contribution in [2.45, 2.75) is 30.6 Å². The van der Waals surface area contributed by atoms with Gasteiger partial charge in [0.15, 0.2) is 0 Å². The maximum absolute atomic E-state index is 11.6. The number of aromatic nitrogens is 2. The number of halogens is 1. The van der Waals surface area contributed by atoms with Crippen molar-refractivity contribution in [3.05, 3.63) is 34.9 Å². The van der Waals surface area contributed by atoms with Crippen LogP contribution in [0.3, 0.4) is 0 Å². The van der Waals surface area contributed by atoms with Gasteiger partial charge in [-0.15, -0.1) is 0 Å². The van der Waals surface area contributed by atoms with Crippen LogP contribution < -0.4 is 21.1 Å². The van der Waals surface area contributed by atoms with Crippen LogP contribution in [0.25, 0.3) is 0 Å². The minimum atomic E-state index is -3.75. The van der Waals surface area contributed by atoms with Gasteiger partial charge in [-0.1, -0.05) is 6.42 Å². The third-order valence-corrected chi connectivity index (χ3v) is 5.72. The summed E-state index contributed by atoms with van der Waals surface area (Å²) < 4.78 is 27.8. The van der Waals surface area contributed by atoms with Crippen molar-refractivity contribution in [3.63, 3.8) is 0 Å². The average molecular weight is 529 g/mol. The van der Waals surface area contributed by atoms with E-state index in [0.29, 0.717) is 41.3 Å². The number of nitrogens with one attached hydrogen (secondary N) is 3. The Morgan fingerprint density at radius 3 is 2.53 bits per heavy atom. The maximum atomic E-state index is 11.6. The van der Waals surface area contributed by atoms with Gasteiger partial charge >= 0.3 is 5.97 Å². The van der Waals surface area contributed by atoms with Gasteiger partial charge in [-0.05, 0) is 53.0 Å². The number of hydrogen-bond donors (Lipinski definition) is 4. The molecule has 0 atom stereocenters. The summed E-state index contributed by atoms with van der Waals surface area (Å²) in [5.41, 5.74) is 0.608. The number of primary sulfonamides is 1. The summed E-state index contributed by atoms with van der Waals surface area (Å²) in [6, 6.07) is 5.93. The Bertz CT molecular complexity index is 1030. The standard InChI is InChI=1S/C19H25BrN6O5S/c1-31-17(28)12-23-16(27)5-3-2-4-10-22-18-15(20)11-24-19(26-18)25-13-6-8-14(9-7-13)32(21,29)30/h6-9,11H,2-5,10,12H2,1H3,(H,23,27)(H2,21,29,30)(H2,22,24,25,26). The van der Waals surface area contributed by atoms with Gasteiger partial charge in [0.05, 0.1) is 16.5 Å². The number of carbonyl (C=O) groups is 2. The number of carbonyl (C=O) groups excluding carboxylic acids is 2. The van der Waals surface area contributed by atoms with Crippen LogP contribution in [0, 0.1) is 0 Å². The Morgan fingerprint density at radius 2 is 1.88 bits per heavy atom. The molecule has 1 heterocycles. The van der Waals surface area contributed by atoms with Crippen molar-refractivity contribution < 1.29 is 22.7 Å². The van der Waals surface area contributed by atoms with E-state index < -0.39 is 16.0 Å². The molecule has 0 aliphatic heterocycles. The lowest BCUT2D eigenvalue weighted by Crippen LogP contribution is -2.29. The summed E-state index contributed by atoms with van der Waals surface area (Å²) >= 11 is 3.40. The summed E-state index contributed by atoms with van der Waals surface area (Å²) in [7, 11) is -2.48. The highest BCUT2D eigenvalue weighted by atomic mass is 79.9. The zero-order chi connectivity index (χ0) is 23.6. The molecule has 0 aliphatic rings. The second kappa shape index (κ2) is 12.3. The Morgan fingerprint density at radius 1 is 1.16 bits per heavy atom. The summed E-state index contributed by atoms with van der Waals surface area (Å²) in [4.78, 5) is 31.2. The maximum Gasteiger partial charge on any atom is 0.325 e. The lowest BCUT2D eigenvalue weighted by Gasteiger charge is -2.10. The van der Waals surface area contributed by atoms with Gasteiger partial charge in [0.25, 0.3) is 0 Å². The van der Waals surface area contributed by atoms with Gasteiger partial charge in [0, 0.05) is 24.8 Å². The van der Waals surface area contributed by atoms with Gasteiger partial charge in [0.1, 0.15) is 12.4 Å². The van der Waals surface area contributed by atoms with Crippen LogP contribution >= 0.6 is 15.9 Å². The smallest absolute Gasteiger partial charge is 0.325 e. The van der Waals surface area contributed by atoms with E-state index in [1.165, 1.54) is 19.2 Å². The number of amides is 1. The molecular weight excluding hydrogens is 504 g/mol. The molecule has 2 aromatic rings. The van der Waals surface area contributed by atoms with E-state index in [-0.39, 0.29) is 17.3 Å². The molecule has 0 radical (unpaired) electrons. The van der Waals surface area contributed by atoms with Crippen molar-refractivity contribution in [1.82, 2.24) is 15.3 Å². The van der Waals surface area contributed by atoms with Crippen LogP contribution in [0.2, 0.25) is 0 Å². The third-order valence-electron chi connectivity index (χ3n) is 4.21. The van der Waals surface area contributed by atoms with E-state index in [1.807, 2.05) is 0 Å². The van der Waals surface area contributed by atoms with Crippen molar-refractivity contribution in [2.24, 2.45) is 5.14 Å². The number of methoxy groups -OCH3 is 1. The molecule has 0 bridgehead atoms. The second-order valence-electron chi connectivity index (χ2n) is 6.67. The highest BCUT2D eigenvalue weighted by molar-refractivity contribution is 9.10. The summed E-state index contributed by atoms with van der Waals surface area (Å²) in [6.07, 6.45) is 4.27.